The summed E-state index contributed by atoms with van der Waals surface area (Å²) < 4.78 is 19.2. The van der Waals surface area contributed by atoms with Crippen LogP contribution in [0.3, 0.4) is 0 Å². The molecule has 5 heteroatoms. The topological polar surface area (TPSA) is 38.5 Å². The quantitative estimate of drug-likeness (QED) is 0.839. The van der Waals surface area contributed by atoms with Crippen LogP contribution < -0.4 is 15.4 Å². The first-order chi connectivity index (χ1) is 8.51. The highest BCUT2D eigenvalue weighted by molar-refractivity contribution is 8.00. The van der Waals surface area contributed by atoms with Crippen molar-refractivity contribution in [3.8, 4) is 5.75 Å². The van der Waals surface area contributed by atoms with Crippen molar-refractivity contribution in [2.24, 2.45) is 0 Å². The van der Waals surface area contributed by atoms with Gasteiger partial charge in [0.1, 0.15) is 11.6 Å². The number of benzene rings is 1. The van der Waals surface area contributed by atoms with Gasteiger partial charge in [-0.3, -0.25) is 0 Å². The molecule has 100 valence electrons. The highest BCUT2D eigenvalue weighted by atomic mass is 32.2. The predicted octanol–water partition coefficient (Wildman–Crippen LogP) is 2.75. The van der Waals surface area contributed by atoms with Crippen LogP contribution in [0.4, 0.5) is 15.8 Å². The van der Waals surface area contributed by atoms with Gasteiger partial charge in [0.25, 0.3) is 0 Å². The summed E-state index contributed by atoms with van der Waals surface area (Å²) in [4.78, 5) is 2.07. The Morgan fingerprint density at radius 2 is 1.94 bits per heavy atom. The molecule has 0 saturated carbocycles. The number of hydrogen-bond acceptors (Lipinski definition) is 4. The molecule has 0 bridgehead atoms. The maximum Gasteiger partial charge on any atom is 0.148 e. The number of rotatable bonds is 2. The van der Waals surface area contributed by atoms with Crippen molar-refractivity contribution in [1.29, 1.82) is 0 Å². The molecule has 18 heavy (non-hydrogen) atoms. The minimum atomic E-state index is -0.278. The molecular weight excluding hydrogens is 251 g/mol. The molecule has 2 unspecified atom stereocenters. The lowest BCUT2D eigenvalue weighted by molar-refractivity contribution is 0.416. The first-order valence-electron chi connectivity index (χ1n) is 6.04. The fourth-order valence-corrected chi connectivity index (χ4v) is 3.68. The summed E-state index contributed by atoms with van der Waals surface area (Å²) in [5, 5.41) is 0.994. The Morgan fingerprint density at radius 1 is 1.33 bits per heavy atom. The second kappa shape index (κ2) is 5.26. The Labute approximate surface area is 111 Å². The Bertz CT molecular complexity index is 431. The van der Waals surface area contributed by atoms with Crippen LogP contribution in [0.1, 0.15) is 13.8 Å². The third kappa shape index (κ3) is 2.66. The number of nitrogen functional groups attached to an aromatic ring is 1. The summed E-state index contributed by atoms with van der Waals surface area (Å²) in [5.41, 5.74) is 6.62. The van der Waals surface area contributed by atoms with E-state index in [1.165, 1.54) is 6.07 Å². The molecule has 1 aromatic carbocycles. The smallest absolute Gasteiger partial charge is 0.148 e. The van der Waals surface area contributed by atoms with Crippen molar-refractivity contribution in [1.82, 2.24) is 0 Å². The van der Waals surface area contributed by atoms with Crippen molar-refractivity contribution in [3.05, 3.63) is 17.9 Å². The van der Waals surface area contributed by atoms with E-state index in [2.05, 4.69) is 18.7 Å². The zero-order valence-corrected chi connectivity index (χ0v) is 11.8. The highest BCUT2D eigenvalue weighted by Crippen LogP contribution is 2.34. The number of ether oxygens (including phenoxy) is 1. The molecule has 1 aliphatic rings. The summed E-state index contributed by atoms with van der Waals surface area (Å²) in [5.74, 6) is 0.254. The fourth-order valence-electron chi connectivity index (χ4n) is 2.35. The van der Waals surface area contributed by atoms with Gasteiger partial charge in [0.2, 0.25) is 0 Å². The monoisotopic (exact) mass is 270 g/mol. The molecule has 0 amide bonds. The second-order valence-electron chi connectivity index (χ2n) is 4.71. The summed E-state index contributed by atoms with van der Waals surface area (Å²) in [6, 6.07) is 3.03. The molecule has 3 nitrogen and oxygen atoms in total. The SMILES string of the molecule is COc1cc(N2CC(C)SC(C)C2)c(F)cc1N. The standard InChI is InChI=1S/C13H19FN2OS/c1-8-6-16(7-9(2)18-8)12-5-13(17-3)11(15)4-10(12)14/h4-5,8-9H,6-7,15H2,1-3H3. The Hall–Kier alpha value is -1.10. The van der Waals surface area contributed by atoms with Crippen LogP contribution in [0.2, 0.25) is 0 Å². The minimum absolute atomic E-state index is 0.278. The largest absolute Gasteiger partial charge is 0.495 e. The normalized spacial score (nSPS) is 24.1. The molecule has 0 spiro atoms. The summed E-state index contributed by atoms with van der Waals surface area (Å²) in [7, 11) is 1.55. The molecule has 0 radical (unpaired) electrons. The number of hydrogen-bond donors (Lipinski definition) is 1. The summed E-state index contributed by atoms with van der Waals surface area (Å²) in [6.45, 7) is 6.03. The average molecular weight is 270 g/mol. The van der Waals surface area contributed by atoms with E-state index < -0.39 is 0 Å². The zero-order valence-electron chi connectivity index (χ0n) is 10.9. The molecule has 1 aromatic rings. The highest BCUT2D eigenvalue weighted by Gasteiger charge is 2.25. The number of anilines is 2. The maximum absolute atomic E-state index is 14.0. The van der Waals surface area contributed by atoms with Gasteiger partial charge in [0.15, 0.2) is 0 Å². The van der Waals surface area contributed by atoms with Gasteiger partial charge in [0, 0.05) is 35.7 Å². The van der Waals surface area contributed by atoms with Crippen molar-refractivity contribution in [3.63, 3.8) is 0 Å². The molecule has 0 aromatic heterocycles. The van der Waals surface area contributed by atoms with E-state index >= 15 is 0 Å². The van der Waals surface area contributed by atoms with Crippen molar-refractivity contribution in [2.75, 3.05) is 30.8 Å². The van der Waals surface area contributed by atoms with E-state index in [-0.39, 0.29) is 5.82 Å². The molecule has 2 rings (SSSR count). The number of halogens is 1. The number of nitrogens with two attached hydrogens (primary N) is 1. The molecule has 1 saturated heterocycles. The van der Waals surface area contributed by atoms with Gasteiger partial charge < -0.3 is 15.4 Å². The van der Waals surface area contributed by atoms with E-state index in [0.717, 1.165) is 13.1 Å². The van der Waals surface area contributed by atoms with Crippen LogP contribution in [0.15, 0.2) is 12.1 Å². The zero-order chi connectivity index (χ0) is 13.3. The maximum atomic E-state index is 14.0. The average Bonchev–Trinajstić information content (AvgIpc) is 2.27. The number of thioether (sulfide) groups is 1. The third-order valence-corrected chi connectivity index (χ3v) is 4.29. The number of nitrogens with zero attached hydrogens (tertiary/aromatic N) is 1. The Balaban J connectivity index is 2.32. The summed E-state index contributed by atoms with van der Waals surface area (Å²) >= 11 is 1.94. The van der Waals surface area contributed by atoms with Gasteiger partial charge >= 0.3 is 0 Å². The van der Waals surface area contributed by atoms with E-state index in [4.69, 9.17) is 10.5 Å². The molecular formula is C13H19FN2OS. The van der Waals surface area contributed by atoms with Crippen LogP contribution >= 0.6 is 11.8 Å². The Morgan fingerprint density at radius 3 is 2.50 bits per heavy atom. The van der Waals surface area contributed by atoms with E-state index in [0.29, 0.717) is 27.6 Å². The van der Waals surface area contributed by atoms with E-state index in [1.807, 2.05) is 11.8 Å². The lowest BCUT2D eigenvalue weighted by Gasteiger charge is -2.36. The van der Waals surface area contributed by atoms with Gasteiger partial charge in [-0.2, -0.15) is 11.8 Å². The third-order valence-electron chi connectivity index (χ3n) is 3.06. The van der Waals surface area contributed by atoms with Crippen LogP contribution in [-0.4, -0.2) is 30.7 Å². The van der Waals surface area contributed by atoms with Gasteiger partial charge in [-0.1, -0.05) is 13.8 Å². The molecule has 2 N–H and O–H groups in total. The van der Waals surface area contributed by atoms with Gasteiger partial charge in [-0.15, -0.1) is 0 Å². The lowest BCUT2D eigenvalue weighted by atomic mass is 10.2. The minimum Gasteiger partial charge on any atom is -0.495 e. The van der Waals surface area contributed by atoms with Crippen molar-refractivity contribution in [2.45, 2.75) is 24.3 Å². The van der Waals surface area contributed by atoms with E-state index in [9.17, 15) is 4.39 Å². The summed E-state index contributed by atoms with van der Waals surface area (Å²) in [6.07, 6.45) is 0. The predicted molar refractivity (Wildman–Crippen MR) is 76.1 cm³/mol. The van der Waals surface area contributed by atoms with Gasteiger partial charge in [-0.25, -0.2) is 4.39 Å². The van der Waals surface area contributed by atoms with Crippen LogP contribution in [0, 0.1) is 5.82 Å². The van der Waals surface area contributed by atoms with Crippen LogP contribution in [0.5, 0.6) is 5.75 Å². The van der Waals surface area contributed by atoms with Gasteiger partial charge in [0.05, 0.1) is 18.5 Å². The molecule has 1 heterocycles. The van der Waals surface area contributed by atoms with Crippen LogP contribution in [0.25, 0.3) is 0 Å². The first kappa shape index (κ1) is 13.3. The molecule has 2 atom stereocenters. The second-order valence-corrected chi connectivity index (χ2v) is 6.59. The molecule has 0 aliphatic carbocycles. The van der Waals surface area contributed by atoms with E-state index in [1.54, 1.807) is 13.2 Å². The fraction of sp³-hybridized carbons (Fsp3) is 0.538. The lowest BCUT2D eigenvalue weighted by Crippen LogP contribution is -2.40. The molecule has 1 aliphatic heterocycles. The first-order valence-corrected chi connectivity index (χ1v) is 6.99. The molecule has 1 fully saturated rings. The van der Waals surface area contributed by atoms with Crippen molar-refractivity contribution < 1.29 is 9.13 Å². The van der Waals surface area contributed by atoms with Crippen molar-refractivity contribution >= 4 is 23.1 Å². The Kier molecular flexibility index (Phi) is 3.90. The number of methoxy groups -OCH3 is 1. The van der Waals surface area contributed by atoms with Crippen LogP contribution in [-0.2, 0) is 0 Å². The van der Waals surface area contributed by atoms with Gasteiger partial charge in [-0.05, 0) is 0 Å².